The Labute approximate surface area is 166 Å². The molecule has 1 amide bonds. The molecule has 1 aliphatic heterocycles. The van der Waals surface area contributed by atoms with E-state index in [9.17, 15) is 4.79 Å². The molecule has 0 unspecified atom stereocenters. The van der Waals surface area contributed by atoms with Crippen LogP contribution in [0, 0.1) is 11.3 Å². The quantitative estimate of drug-likeness (QED) is 0.843. The lowest BCUT2D eigenvalue weighted by molar-refractivity contribution is -0.121. The number of para-hydroxylation sites is 1. The smallest absolute Gasteiger partial charge is 0.241 e. The number of anilines is 1. The summed E-state index contributed by atoms with van der Waals surface area (Å²) < 4.78 is 0. The molecule has 0 spiro atoms. The van der Waals surface area contributed by atoms with Crippen molar-refractivity contribution in [3.8, 4) is 6.07 Å². The standard InChI is InChI=1S/C23H26N4O/c1-19(23(28)25-22-12-6-5-11-21(22)18-24)27-16-14-26(15-17-27)13-7-10-20-8-3-2-4-9-20/h2-12,19H,13-17H2,1H3,(H,25,28)/b10-7+/t19-/m0/s1. The molecule has 3 rings (SSSR count). The Kier molecular flexibility index (Phi) is 6.96. The number of nitrogens with zero attached hydrogens (tertiary/aromatic N) is 3. The molecule has 2 aromatic rings. The van der Waals surface area contributed by atoms with Crippen LogP contribution in [0.2, 0.25) is 0 Å². The predicted molar refractivity (Wildman–Crippen MR) is 113 cm³/mol. The minimum atomic E-state index is -0.228. The van der Waals surface area contributed by atoms with E-state index < -0.39 is 0 Å². The summed E-state index contributed by atoms with van der Waals surface area (Å²) in [5.74, 6) is -0.0693. The maximum absolute atomic E-state index is 12.6. The van der Waals surface area contributed by atoms with Gasteiger partial charge >= 0.3 is 0 Å². The number of rotatable bonds is 6. The first-order chi connectivity index (χ1) is 13.7. The van der Waals surface area contributed by atoms with Gasteiger partial charge < -0.3 is 5.32 Å². The summed E-state index contributed by atoms with van der Waals surface area (Å²) in [5.41, 5.74) is 2.27. The minimum absolute atomic E-state index is 0.0693. The Hall–Kier alpha value is -2.94. The van der Waals surface area contributed by atoms with E-state index >= 15 is 0 Å². The molecule has 1 saturated heterocycles. The normalized spacial score (nSPS) is 16.6. The molecule has 0 saturated carbocycles. The van der Waals surface area contributed by atoms with E-state index in [1.807, 2.05) is 31.2 Å². The number of amides is 1. The van der Waals surface area contributed by atoms with Crippen molar-refractivity contribution in [1.29, 1.82) is 5.26 Å². The Bertz CT molecular complexity index is 848. The van der Waals surface area contributed by atoms with E-state index in [2.05, 4.69) is 45.5 Å². The summed E-state index contributed by atoms with van der Waals surface area (Å²) in [4.78, 5) is 17.2. The molecule has 5 nitrogen and oxygen atoms in total. The number of benzene rings is 2. The predicted octanol–water partition coefficient (Wildman–Crippen LogP) is 3.22. The first-order valence-electron chi connectivity index (χ1n) is 9.65. The Balaban J connectivity index is 1.47. The average Bonchev–Trinajstić information content (AvgIpc) is 2.75. The molecule has 1 heterocycles. The van der Waals surface area contributed by atoms with Gasteiger partial charge in [0, 0.05) is 32.7 Å². The van der Waals surface area contributed by atoms with Crippen molar-refractivity contribution in [2.75, 3.05) is 38.0 Å². The molecule has 0 bridgehead atoms. The highest BCUT2D eigenvalue weighted by molar-refractivity contribution is 5.95. The highest BCUT2D eigenvalue weighted by Crippen LogP contribution is 2.15. The number of nitrogens with one attached hydrogen (secondary N) is 1. The average molecular weight is 374 g/mol. The van der Waals surface area contributed by atoms with Crippen LogP contribution in [-0.4, -0.2) is 54.5 Å². The van der Waals surface area contributed by atoms with Crippen molar-refractivity contribution in [2.45, 2.75) is 13.0 Å². The van der Waals surface area contributed by atoms with Gasteiger partial charge in [-0.2, -0.15) is 5.26 Å². The molecule has 1 aliphatic rings. The Morgan fingerprint density at radius 3 is 2.50 bits per heavy atom. The monoisotopic (exact) mass is 374 g/mol. The van der Waals surface area contributed by atoms with E-state index in [1.54, 1.807) is 18.2 Å². The van der Waals surface area contributed by atoms with Crippen LogP contribution >= 0.6 is 0 Å². The molecule has 0 aromatic heterocycles. The van der Waals surface area contributed by atoms with Gasteiger partial charge in [0.2, 0.25) is 5.91 Å². The van der Waals surface area contributed by atoms with Crippen molar-refractivity contribution in [3.05, 3.63) is 71.8 Å². The highest BCUT2D eigenvalue weighted by Gasteiger charge is 2.25. The third-order valence-electron chi connectivity index (χ3n) is 5.11. The van der Waals surface area contributed by atoms with Gasteiger partial charge in [0.05, 0.1) is 17.3 Å². The lowest BCUT2D eigenvalue weighted by Crippen LogP contribution is -2.52. The molecule has 2 aromatic carbocycles. The lowest BCUT2D eigenvalue weighted by atomic mass is 10.1. The third kappa shape index (κ3) is 5.29. The zero-order valence-electron chi connectivity index (χ0n) is 16.2. The lowest BCUT2D eigenvalue weighted by Gasteiger charge is -2.37. The van der Waals surface area contributed by atoms with Crippen molar-refractivity contribution in [3.63, 3.8) is 0 Å². The highest BCUT2D eigenvalue weighted by atomic mass is 16.2. The summed E-state index contributed by atoms with van der Waals surface area (Å²) in [5, 5.41) is 12.1. The number of piperazine rings is 1. The van der Waals surface area contributed by atoms with Gasteiger partial charge in [-0.05, 0) is 24.6 Å². The Morgan fingerprint density at radius 1 is 1.11 bits per heavy atom. The molecule has 5 heteroatoms. The van der Waals surface area contributed by atoms with Crippen LogP contribution in [0.15, 0.2) is 60.7 Å². The van der Waals surface area contributed by atoms with Gasteiger partial charge in [-0.15, -0.1) is 0 Å². The second-order valence-corrected chi connectivity index (χ2v) is 6.97. The fourth-order valence-electron chi connectivity index (χ4n) is 3.33. The molecule has 144 valence electrons. The maximum Gasteiger partial charge on any atom is 0.241 e. The van der Waals surface area contributed by atoms with Crippen LogP contribution in [0.1, 0.15) is 18.1 Å². The summed E-state index contributed by atoms with van der Waals surface area (Å²) in [6.07, 6.45) is 4.34. The first-order valence-corrected chi connectivity index (χ1v) is 9.65. The zero-order chi connectivity index (χ0) is 19.8. The van der Waals surface area contributed by atoms with Crippen molar-refractivity contribution in [2.24, 2.45) is 0 Å². The van der Waals surface area contributed by atoms with Gasteiger partial charge in [-0.25, -0.2) is 0 Å². The van der Waals surface area contributed by atoms with E-state index in [0.29, 0.717) is 11.3 Å². The van der Waals surface area contributed by atoms with Crippen LogP contribution in [-0.2, 0) is 4.79 Å². The SMILES string of the molecule is C[C@@H](C(=O)Nc1ccccc1C#N)N1CCN(C/C=C/c2ccccc2)CC1. The molecular formula is C23H26N4O. The maximum atomic E-state index is 12.6. The summed E-state index contributed by atoms with van der Waals surface area (Å²) in [7, 11) is 0. The van der Waals surface area contributed by atoms with Crippen LogP contribution in [0.3, 0.4) is 0 Å². The van der Waals surface area contributed by atoms with Gasteiger partial charge in [0.1, 0.15) is 6.07 Å². The zero-order valence-corrected chi connectivity index (χ0v) is 16.2. The second kappa shape index (κ2) is 9.84. The summed E-state index contributed by atoms with van der Waals surface area (Å²) in [6, 6.07) is 19.3. The van der Waals surface area contributed by atoms with Gasteiger partial charge in [0.15, 0.2) is 0 Å². The number of carbonyl (C=O) groups excluding carboxylic acids is 1. The molecule has 1 atom stereocenters. The first kappa shape index (κ1) is 19.8. The van der Waals surface area contributed by atoms with Crippen LogP contribution in [0.25, 0.3) is 6.08 Å². The fraction of sp³-hybridized carbons (Fsp3) is 0.304. The van der Waals surface area contributed by atoms with Gasteiger partial charge in [0.25, 0.3) is 0 Å². The molecule has 28 heavy (non-hydrogen) atoms. The van der Waals surface area contributed by atoms with E-state index in [-0.39, 0.29) is 11.9 Å². The van der Waals surface area contributed by atoms with Crippen LogP contribution in [0.4, 0.5) is 5.69 Å². The van der Waals surface area contributed by atoms with E-state index in [1.165, 1.54) is 5.56 Å². The molecule has 1 N–H and O–H groups in total. The van der Waals surface area contributed by atoms with Crippen LogP contribution < -0.4 is 5.32 Å². The van der Waals surface area contributed by atoms with E-state index in [0.717, 1.165) is 32.7 Å². The number of hydrogen-bond donors (Lipinski definition) is 1. The Morgan fingerprint density at radius 2 is 1.79 bits per heavy atom. The minimum Gasteiger partial charge on any atom is -0.324 e. The topological polar surface area (TPSA) is 59.4 Å². The number of nitriles is 1. The van der Waals surface area contributed by atoms with Gasteiger partial charge in [-0.3, -0.25) is 14.6 Å². The molecule has 0 aliphatic carbocycles. The van der Waals surface area contributed by atoms with Crippen molar-refractivity contribution >= 4 is 17.7 Å². The van der Waals surface area contributed by atoms with Crippen LogP contribution in [0.5, 0.6) is 0 Å². The fourth-order valence-corrected chi connectivity index (χ4v) is 3.33. The second-order valence-electron chi connectivity index (χ2n) is 6.97. The third-order valence-corrected chi connectivity index (χ3v) is 5.11. The summed E-state index contributed by atoms with van der Waals surface area (Å²) in [6.45, 7) is 6.42. The number of hydrogen-bond acceptors (Lipinski definition) is 4. The molecular weight excluding hydrogens is 348 g/mol. The van der Waals surface area contributed by atoms with E-state index in [4.69, 9.17) is 5.26 Å². The van der Waals surface area contributed by atoms with Gasteiger partial charge in [-0.1, -0.05) is 54.6 Å². The number of carbonyl (C=O) groups is 1. The summed E-state index contributed by atoms with van der Waals surface area (Å²) >= 11 is 0. The molecule has 1 fully saturated rings. The molecule has 0 radical (unpaired) electrons. The largest absolute Gasteiger partial charge is 0.324 e. The van der Waals surface area contributed by atoms with Crippen molar-refractivity contribution < 1.29 is 4.79 Å². The van der Waals surface area contributed by atoms with Crippen molar-refractivity contribution in [1.82, 2.24) is 9.80 Å².